The molecule has 3 rings (SSSR count). The highest BCUT2D eigenvalue weighted by Crippen LogP contribution is 2.26. The average molecular weight is 361 g/mol. The van der Waals surface area contributed by atoms with Crippen molar-refractivity contribution < 1.29 is 9.53 Å². The van der Waals surface area contributed by atoms with Gasteiger partial charge in [-0.15, -0.1) is 0 Å². The van der Waals surface area contributed by atoms with Crippen LogP contribution in [0, 0.1) is 6.92 Å². The number of nitrogens with one attached hydrogen (secondary N) is 1. The first-order chi connectivity index (χ1) is 13.1. The van der Waals surface area contributed by atoms with Crippen molar-refractivity contribution in [2.24, 2.45) is 0 Å². The summed E-state index contributed by atoms with van der Waals surface area (Å²) in [6.45, 7) is 4.57. The highest BCUT2D eigenvalue weighted by molar-refractivity contribution is 6.06. The molecule has 0 aliphatic rings. The van der Waals surface area contributed by atoms with Gasteiger partial charge in [0, 0.05) is 18.4 Å². The van der Waals surface area contributed by atoms with E-state index in [9.17, 15) is 4.79 Å². The van der Waals surface area contributed by atoms with Gasteiger partial charge in [0.25, 0.3) is 5.91 Å². The number of anilines is 3. The van der Waals surface area contributed by atoms with Crippen molar-refractivity contribution in [3.8, 4) is 5.75 Å². The molecule has 0 saturated heterocycles. The van der Waals surface area contributed by atoms with E-state index in [0.717, 1.165) is 22.7 Å². The summed E-state index contributed by atoms with van der Waals surface area (Å²) in [6.07, 6.45) is 1.60. The number of benzene rings is 2. The Kier molecular flexibility index (Phi) is 5.71. The highest BCUT2D eigenvalue weighted by Gasteiger charge is 2.16. The third kappa shape index (κ3) is 4.26. The number of carbonyl (C=O) groups excluding carboxylic acids is 1. The van der Waals surface area contributed by atoms with Crippen molar-refractivity contribution >= 4 is 23.1 Å². The Morgan fingerprint density at radius 1 is 1.11 bits per heavy atom. The number of carbonyl (C=O) groups is 1. The lowest BCUT2D eigenvalue weighted by molar-refractivity contribution is 0.0988. The summed E-state index contributed by atoms with van der Waals surface area (Å²) in [5, 5.41) is 3.21. The first-order valence-corrected chi connectivity index (χ1v) is 8.87. The lowest BCUT2D eigenvalue weighted by Crippen LogP contribution is -2.30. The van der Waals surface area contributed by atoms with E-state index in [0.29, 0.717) is 17.9 Å². The summed E-state index contributed by atoms with van der Waals surface area (Å²) in [6, 6.07) is 19.1. The number of aromatic nitrogens is 1. The number of methoxy groups -OCH3 is 1. The molecule has 1 amide bonds. The van der Waals surface area contributed by atoms with Crippen molar-refractivity contribution in [2.75, 3.05) is 23.9 Å². The molecule has 1 N–H and O–H groups in total. The number of hydrogen-bond acceptors (Lipinski definition) is 4. The van der Waals surface area contributed by atoms with E-state index in [4.69, 9.17) is 4.74 Å². The van der Waals surface area contributed by atoms with Crippen LogP contribution in [0.2, 0.25) is 0 Å². The summed E-state index contributed by atoms with van der Waals surface area (Å²) in [5.41, 5.74) is 3.37. The standard InChI is InChI=1S/C22H23N3O2/c1-4-25(18-9-7-8-16(2)14-18)22(26)17-12-13-21(23-15-17)24-19-10-5-6-11-20(19)27-3/h5-15H,4H2,1-3H3,(H,23,24). The molecule has 0 spiro atoms. The van der Waals surface area contributed by atoms with Gasteiger partial charge in [0.15, 0.2) is 0 Å². The first kappa shape index (κ1) is 18.5. The SMILES string of the molecule is CCN(C(=O)c1ccc(Nc2ccccc2OC)nc1)c1cccc(C)c1. The first-order valence-electron chi connectivity index (χ1n) is 8.87. The Bertz CT molecular complexity index is 923. The largest absolute Gasteiger partial charge is 0.495 e. The molecule has 1 aromatic heterocycles. The second-order valence-corrected chi connectivity index (χ2v) is 6.15. The molecule has 5 nitrogen and oxygen atoms in total. The zero-order valence-corrected chi connectivity index (χ0v) is 15.8. The molecule has 1 heterocycles. The van der Waals surface area contributed by atoms with Gasteiger partial charge in [-0.05, 0) is 55.8 Å². The van der Waals surface area contributed by atoms with E-state index >= 15 is 0 Å². The summed E-state index contributed by atoms with van der Waals surface area (Å²) >= 11 is 0. The third-order valence-corrected chi connectivity index (χ3v) is 4.25. The number of pyridine rings is 1. The number of rotatable bonds is 6. The molecular formula is C22H23N3O2. The number of aryl methyl sites for hydroxylation is 1. The topological polar surface area (TPSA) is 54.5 Å². The molecule has 0 aliphatic carbocycles. The van der Waals surface area contributed by atoms with Gasteiger partial charge in [0.05, 0.1) is 18.4 Å². The molecule has 0 radical (unpaired) electrons. The van der Waals surface area contributed by atoms with E-state index in [1.165, 1.54) is 0 Å². The van der Waals surface area contributed by atoms with E-state index in [-0.39, 0.29) is 5.91 Å². The molecule has 3 aromatic rings. The molecular weight excluding hydrogens is 338 g/mol. The van der Waals surface area contributed by atoms with Crippen LogP contribution in [0.5, 0.6) is 5.75 Å². The van der Waals surface area contributed by atoms with Crippen LogP contribution in [0.1, 0.15) is 22.8 Å². The summed E-state index contributed by atoms with van der Waals surface area (Å²) < 4.78 is 5.33. The lowest BCUT2D eigenvalue weighted by atomic mass is 10.1. The third-order valence-electron chi connectivity index (χ3n) is 4.25. The van der Waals surface area contributed by atoms with Gasteiger partial charge in [-0.25, -0.2) is 4.98 Å². The molecule has 0 atom stereocenters. The molecule has 0 aliphatic heterocycles. The zero-order valence-electron chi connectivity index (χ0n) is 15.8. The van der Waals surface area contributed by atoms with E-state index in [1.54, 1.807) is 30.3 Å². The number of para-hydroxylation sites is 2. The van der Waals surface area contributed by atoms with Crippen molar-refractivity contribution in [2.45, 2.75) is 13.8 Å². The fourth-order valence-electron chi connectivity index (χ4n) is 2.88. The van der Waals surface area contributed by atoms with Crippen LogP contribution in [-0.4, -0.2) is 24.5 Å². The molecule has 0 unspecified atom stereocenters. The Labute approximate surface area is 159 Å². The van der Waals surface area contributed by atoms with Crippen LogP contribution in [0.3, 0.4) is 0 Å². The fraction of sp³-hybridized carbons (Fsp3) is 0.182. The molecule has 5 heteroatoms. The highest BCUT2D eigenvalue weighted by atomic mass is 16.5. The van der Waals surface area contributed by atoms with Gasteiger partial charge in [-0.2, -0.15) is 0 Å². The number of ether oxygens (including phenoxy) is 1. The van der Waals surface area contributed by atoms with Gasteiger partial charge >= 0.3 is 0 Å². The zero-order chi connectivity index (χ0) is 19.2. The van der Waals surface area contributed by atoms with Gasteiger partial charge in [0.1, 0.15) is 11.6 Å². The maximum Gasteiger partial charge on any atom is 0.259 e. The second kappa shape index (κ2) is 8.36. The molecule has 27 heavy (non-hydrogen) atoms. The van der Waals surface area contributed by atoms with Crippen LogP contribution in [-0.2, 0) is 0 Å². The molecule has 0 saturated carbocycles. The van der Waals surface area contributed by atoms with E-state index < -0.39 is 0 Å². The van der Waals surface area contributed by atoms with Gasteiger partial charge < -0.3 is 15.0 Å². The number of nitrogens with zero attached hydrogens (tertiary/aromatic N) is 2. The molecule has 0 bridgehead atoms. The smallest absolute Gasteiger partial charge is 0.259 e. The minimum absolute atomic E-state index is 0.0700. The van der Waals surface area contributed by atoms with Crippen LogP contribution in [0.25, 0.3) is 0 Å². The monoisotopic (exact) mass is 361 g/mol. The maximum atomic E-state index is 12.9. The van der Waals surface area contributed by atoms with Crippen molar-refractivity contribution in [3.05, 3.63) is 78.0 Å². The maximum absolute atomic E-state index is 12.9. The quantitative estimate of drug-likeness (QED) is 0.685. The fourth-order valence-corrected chi connectivity index (χ4v) is 2.88. The Balaban J connectivity index is 1.78. The summed E-state index contributed by atoms with van der Waals surface area (Å²) in [5.74, 6) is 1.31. The van der Waals surface area contributed by atoms with Gasteiger partial charge in [-0.3, -0.25) is 4.79 Å². The Hall–Kier alpha value is -3.34. The van der Waals surface area contributed by atoms with Crippen LogP contribution in [0.4, 0.5) is 17.2 Å². The predicted molar refractivity (Wildman–Crippen MR) is 109 cm³/mol. The number of hydrogen-bond donors (Lipinski definition) is 1. The van der Waals surface area contributed by atoms with Crippen LogP contribution < -0.4 is 15.0 Å². The van der Waals surface area contributed by atoms with E-state index in [1.807, 2.05) is 62.4 Å². The van der Waals surface area contributed by atoms with Gasteiger partial charge in [0.2, 0.25) is 0 Å². The minimum Gasteiger partial charge on any atom is -0.495 e. The molecule has 0 fully saturated rings. The average Bonchev–Trinajstić information content (AvgIpc) is 2.69. The predicted octanol–water partition coefficient (Wildman–Crippen LogP) is 4.81. The summed E-state index contributed by atoms with van der Waals surface area (Å²) in [7, 11) is 1.63. The molecule has 2 aromatic carbocycles. The van der Waals surface area contributed by atoms with Gasteiger partial charge in [-0.1, -0.05) is 24.3 Å². The number of amides is 1. The summed E-state index contributed by atoms with van der Waals surface area (Å²) in [4.78, 5) is 19.0. The van der Waals surface area contributed by atoms with Crippen molar-refractivity contribution in [1.29, 1.82) is 0 Å². The Morgan fingerprint density at radius 3 is 2.59 bits per heavy atom. The van der Waals surface area contributed by atoms with Crippen molar-refractivity contribution in [3.63, 3.8) is 0 Å². The second-order valence-electron chi connectivity index (χ2n) is 6.15. The normalized spacial score (nSPS) is 10.3. The Morgan fingerprint density at radius 2 is 1.93 bits per heavy atom. The van der Waals surface area contributed by atoms with Crippen LogP contribution in [0.15, 0.2) is 66.9 Å². The van der Waals surface area contributed by atoms with Crippen LogP contribution >= 0.6 is 0 Å². The minimum atomic E-state index is -0.0700. The molecule has 138 valence electrons. The van der Waals surface area contributed by atoms with Crippen molar-refractivity contribution in [1.82, 2.24) is 4.98 Å². The van der Waals surface area contributed by atoms with E-state index in [2.05, 4.69) is 10.3 Å². The lowest BCUT2D eigenvalue weighted by Gasteiger charge is -2.21.